The van der Waals surface area contributed by atoms with Crippen molar-refractivity contribution in [1.29, 1.82) is 0 Å². The van der Waals surface area contributed by atoms with Gasteiger partial charge in [-0.3, -0.25) is 4.79 Å². The van der Waals surface area contributed by atoms with Gasteiger partial charge in [-0.1, -0.05) is 23.9 Å². The van der Waals surface area contributed by atoms with E-state index in [1.165, 1.54) is 17.8 Å². The SMILES string of the molecule is O=C(N=C1S[C@H]2CS(=O)(=O)C[C@@H]2N1c1ccccc1F)c1ccc2c(c1)OCO2. The normalized spacial score (nSPS) is 25.4. The first-order valence-electron chi connectivity index (χ1n) is 8.85. The van der Waals surface area contributed by atoms with Crippen molar-refractivity contribution in [3.63, 3.8) is 0 Å². The zero-order chi connectivity index (χ0) is 20.2. The summed E-state index contributed by atoms with van der Waals surface area (Å²) in [6, 6.07) is 10.4. The molecule has 0 aliphatic carbocycles. The number of halogens is 1. The molecule has 3 aliphatic rings. The van der Waals surface area contributed by atoms with Crippen molar-refractivity contribution in [1.82, 2.24) is 0 Å². The first-order chi connectivity index (χ1) is 13.9. The molecule has 0 unspecified atom stereocenters. The van der Waals surface area contributed by atoms with Gasteiger partial charge in [-0.05, 0) is 30.3 Å². The Morgan fingerprint density at radius 2 is 1.93 bits per heavy atom. The average Bonchev–Trinajstić information content (AvgIpc) is 3.34. The number of carbonyl (C=O) groups is 1. The first kappa shape index (κ1) is 18.4. The molecule has 2 saturated heterocycles. The summed E-state index contributed by atoms with van der Waals surface area (Å²) in [5.74, 6) is -0.127. The van der Waals surface area contributed by atoms with Gasteiger partial charge >= 0.3 is 0 Å². The number of sulfone groups is 1. The fourth-order valence-electron chi connectivity index (χ4n) is 3.67. The van der Waals surface area contributed by atoms with Gasteiger partial charge in [0.15, 0.2) is 26.5 Å². The highest BCUT2D eigenvalue weighted by atomic mass is 32.2. The highest BCUT2D eigenvalue weighted by molar-refractivity contribution is 8.16. The van der Waals surface area contributed by atoms with Crippen molar-refractivity contribution in [2.75, 3.05) is 23.2 Å². The minimum Gasteiger partial charge on any atom is -0.454 e. The molecule has 3 heterocycles. The number of para-hydroxylation sites is 1. The molecular weight excluding hydrogens is 419 g/mol. The van der Waals surface area contributed by atoms with E-state index in [2.05, 4.69) is 4.99 Å². The lowest BCUT2D eigenvalue weighted by Gasteiger charge is -2.24. The molecule has 0 spiro atoms. The number of fused-ring (bicyclic) bond motifs is 2. The molecule has 0 saturated carbocycles. The molecule has 2 atom stereocenters. The number of amidine groups is 1. The van der Waals surface area contributed by atoms with Gasteiger partial charge in [-0.15, -0.1) is 0 Å². The molecule has 0 radical (unpaired) electrons. The van der Waals surface area contributed by atoms with Crippen molar-refractivity contribution in [3.8, 4) is 11.5 Å². The van der Waals surface area contributed by atoms with Crippen LogP contribution in [0.25, 0.3) is 0 Å². The van der Waals surface area contributed by atoms with Crippen LogP contribution in [0, 0.1) is 5.82 Å². The number of amides is 1. The molecular formula is C19H15FN2O5S2. The van der Waals surface area contributed by atoms with Gasteiger partial charge in [0.1, 0.15) is 5.82 Å². The molecule has 3 aliphatic heterocycles. The topological polar surface area (TPSA) is 85.3 Å². The second-order valence-corrected chi connectivity index (χ2v) is 10.2. The van der Waals surface area contributed by atoms with Crippen molar-refractivity contribution in [2.24, 2.45) is 4.99 Å². The monoisotopic (exact) mass is 434 g/mol. The van der Waals surface area contributed by atoms with E-state index >= 15 is 0 Å². The summed E-state index contributed by atoms with van der Waals surface area (Å²) in [5, 5.41) is -0.00873. The number of nitrogens with zero attached hydrogens (tertiary/aromatic N) is 2. The average molecular weight is 434 g/mol. The van der Waals surface area contributed by atoms with Gasteiger partial charge in [0.05, 0.1) is 23.2 Å². The molecule has 0 bridgehead atoms. The second-order valence-electron chi connectivity index (χ2n) is 6.89. The molecule has 7 nitrogen and oxygen atoms in total. The number of benzene rings is 2. The molecule has 2 aromatic rings. The van der Waals surface area contributed by atoms with Gasteiger partial charge in [-0.25, -0.2) is 12.8 Å². The fraction of sp³-hybridized carbons (Fsp3) is 0.263. The molecule has 2 fully saturated rings. The summed E-state index contributed by atoms with van der Waals surface area (Å²) in [6.07, 6.45) is 0. The highest BCUT2D eigenvalue weighted by Crippen LogP contribution is 2.42. The number of carbonyl (C=O) groups excluding carboxylic acids is 1. The zero-order valence-electron chi connectivity index (χ0n) is 14.9. The lowest BCUT2D eigenvalue weighted by molar-refractivity contribution is 0.100. The minimum absolute atomic E-state index is 0.0233. The molecule has 1 amide bonds. The smallest absolute Gasteiger partial charge is 0.279 e. The molecule has 150 valence electrons. The van der Waals surface area contributed by atoms with Crippen LogP contribution in [0.15, 0.2) is 47.5 Å². The van der Waals surface area contributed by atoms with Crippen LogP contribution < -0.4 is 14.4 Å². The molecule has 5 rings (SSSR count). The van der Waals surface area contributed by atoms with E-state index < -0.39 is 27.6 Å². The van der Waals surface area contributed by atoms with E-state index in [0.717, 1.165) is 0 Å². The summed E-state index contributed by atoms with van der Waals surface area (Å²) in [5.41, 5.74) is 0.516. The van der Waals surface area contributed by atoms with Crippen molar-refractivity contribution in [2.45, 2.75) is 11.3 Å². The van der Waals surface area contributed by atoms with Crippen LogP contribution in [0.3, 0.4) is 0 Å². The van der Waals surface area contributed by atoms with Gasteiger partial charge in [0.2, 0.25) is 6.79 Å². The number of aliphatic imine (C=N–C) groups is 1. The van der Waals surface area contributed by atoms with Crippen molar-refractivity contribution < 1.29 is 27.1 Å². The lowest BCUT2D eigenvalue weighted by Crippen LogP contribution is -2.38. The van der Waals surface area contributed by atoms with Crippen LogP contribution in [0.4, 0.5) is 10.1 Å². The molecule has 29 heavy (non-hydrogen) atoms. The summed E-state index contributed by atoms with van der Waals surface area (Å²) in [6.45, 7) is 0.0935. The Labute approximate surface area is 170 Å². The maximum Gasteiger partial charge on any atom is 0.279 e. The Kier molecular flexibility index (Phi) is 4.28. The fourth-order valence-corrected chi connectivity index (χ4v) is 7.58. The van der Waals surface area contributed by atoms with Gasteiger partial charge in [-0.2, -0.15) is 4.99 Å². The molecule has 0 aromatic heterocycles. The summed E-state index contributed by atoms with van der Waals surface area (Å²) in [4.78, 5) is 18.5. The van der Waals surface area contributed by atoms with Crippen molar-refractivity contribution >= 4 is 38.4 Å². The molecule has 2 aromatic carbocycles. The summed E-state index contributed by atoms with van der Waals surface area (Å²) >= 11 is 1.20. The Balaban J connectivity index is 1.52. The number of rotatable bonds is 2. The van der Waals surface area contributed by atoms with Crippen LogP contribution in [0.2, 0.25) is 0 Å². The van der Waals surface area contributed by atoms with E-state index in [1.807, 2.05) is 0 Å². The van der Waals surface area contributed by atoms with Crippen LogP contribution >= 0.6 is 11.8 Å². The van der Waals surface area contributed by atoms with Crippen LogP contribution in [-0.4, -0.2) is 49.1 Å². The molecule has 0 N–H and O–H groups in total. The summed E-state index contributed by atoms with van der Waals surface area (Å²) in [7, 11) is -3.23. The first-order valence-corrected chi connectivity index (χ1v) is 11.5. The third kappa shape index (κ3) is 3.25. The third-order valence-electron chi connectivity index (χ3n) is 5.00. The van der Waals surface area contributed by atoms with Gasteiger partial charge in [0.25, 0.3) is 5.91 Å². The van der Waals surface area contributed by atoms with Crippen LogP contribution in [0.5, 0.6) is 11.5 Å². The minimum atomic E-state index is -3.23. The maximum atomic E-state index is 14.5. The largest absolute Gasteiger partial charge is 0.454 e. The zero-order valence-corrected chi connectivity index (χ0v) is 16.6. The number of anilines is 1. The van der Waals surface area contributed by atoms with E-state index in [1.54, 1.807) is 41.3 Å². The molecule has 10 heteroatoms. The summed E-state index contributed by atoms with van der Waals surface area (Å²) < 4.78 is 49.2. The standard InChI is InChI=1S/C19H15FN2O5S2/c20-12-3-1-2-4-13(12)22-14-8-29(24,25)9-17(14)28-19(22)21-18(23)11-5-6-15-16(7-11)27-10-26-15/h1-7,14,17H,8-10H2/t14-,17-/m0/s1. The maximum absolute atomic E-state index is 14.5. The second kappa shape index (κ2) is 6.74. The Morgan fingerprint density at radius 3 is 2.76 bits per heavy atom. The number of hydrogen-bond donors (Lipinski definition) is 0. The lowest BCUT2D eigenvalue weighted by atomic mass is 10.2. The van der Waals surface area contributed by atoms with Gasteiger partial charge < -0.3 is 14.4 Å². The highest BCUT2D eigenvalue weighted by Gasteiger charge is 2.50. The Hall–Kier alpha value is -2.59. The van der Waals surface area contributed by atoms with E-state index in [9.17, 15) is 17.6 Å². The number of ether oxygens (including phenoxy) is 2. The van der Waals surface area contributed by atoms with Gasteiger partial charge in [0, 0.05) is 10.8 Å². The number of hydrogen-bond acceptors (Lipinski definition) is 6. The van der Waals surface area contributed by atoms with Crippen LogP contribution in [0.1, 0.15) is 10.4 Å². The van der Waals surface area contributed by atoms with E-state index in [4.69, 9.17) is 9.47 Å². The van der Waals surface area contributed by atoms with E-state index in [-0.39, 0.29) is 29.2 Å². The van der Waals surface area contributed by atoms with E-state index in [0.29, 0.717) is 22.2 Å². The quantitative estimate of drug-likeness (QED) is 0.718. The third-order valence-corrected chi connectivity index (χ3v) is 8.21. The van der Waals surface area contributed by atoms with Crippen molar-refractivity contribution in [3.05, 3.63) is 53.8 Å². The Morgan fingerprint density at radius 1 is 1.14 bits per heavy atom. The predicted octanol–water partition coefficient (Wildman–Crippen LogP) is 2.47. The van der Waals surface area contributed by atoms with Crippen LogP contribution in [-0.2, 0) is 9.84 Å². The Bertz CT molecular complexity index is 1150. The predicted molar refractivity (Wildman–Crippen MR) is 107 cm³/mol. The number of thioether (sulfide) groups is 1.